The van der Waals surface area contributed by atoms with E-state index in [0.29, 0.717) is 23.7 Å². The molecule has 1 aromatic rings. The van der Waals surface area contributed by atoms with Gasteiger partial charge in [-0.05, 0) is 32.0 Å². The lowest BCUT2D eigenvalue weighted by molar-refractivity contribution is -0.137. The van der Waals surface area contributed by atoms with Crippen LogP contribution in [0, 0.1) is 5.82 Å². The fourth-order valence-corrected chi connectivity index (χ4v) is 1.84. The molecular formula is C13H17ClFNO2. The van der Waals surface area contributed by atoms with Gasteiger partial charge in [0.15, 0.2) is 0 Å². The summed E-state index contributed by atoms with van der Waals surface area (Å²) in [5.41, 5.74) is 0.488. The number of carboxylic acids is 1. The van der Waals surface area contributed by atoms with Crippen molar-refractivity contribution in [2.24, 2.45) is 0 Å². The van der Waals surface area contributed by atoms with E-state index in [2.05, 4.69) is 0 Å². The zero-order chi connectivity index (χ0) is 13.7. The molecule has 0 bridgehead atoms. The Kier molecular flexibility index (Phi) is 5.56. The lowest BCUT2D eigenvalue weighted by Crippen LogP contribution is -2.32. The van der Waals surface area contributed by atoms with Crippen LogP contribution in [-0.2, 0) is 11.3 Å². The van der Waals surface area contributed by atoms with Crippen molar-refractivity contribution in [2.45, 2.75) is 32.9 Å². The van der Waals surface area contributed by atoms with Gasteiger partial charge < -0.3 is 5.11 Å². The number of halogens is 2. The minimum absolute atomic E-state index is 0.0420. The highest BCUT2D eigenvalue weighted by molar-refractivity contribution is 6.30. The van der Waals surface area contributed by atoms with Crippen LogP contribution in [0.15, 0.2) is 18.2 Å². The fraction of sp³-hybridized carbons (Fsp3) is 0.462. The number of carboxylic acid groups (broad SMARTS) is 1. The van der Waals surface area contributed by atoms with Crippen molar-refractivity contribution in [3.05, 3.63) is 34.6 Å². The molecule has 18 heavy (non-hydrogen) atoms. The highest BCUT2D eigenvalue weighted by atomic mass is 35.5. The van der Waals surface area contributed by atoms with Crippen molar-refractivity contribution < 1.29 is 14.3 Å². The van der Waals surface area contributed by atoms with E-state index >= 15 is 0 Å². The van der Waals surface area contributed by atoms with Gasteiger partial charge in [-0.1, -0.05) is 11.6 Å². The van der Waals surface area contributed by atoms with Crippen molar-refractivity contribution in [3.63, 3.8) is 0 Å². The molecule has 5 heteroatoms. The number of nitrogens with zero attached hydrogens (tertiary/aromatic N) is 1. The molecular weight excluding hydrogens is 257 g/mol. The van der Waals surface area contributed by atoms with Gasteiger partial charge in [-0.2, -0.15) is 0 Å². The summed E-state index contributed by atoms with van der Waals surface area (Å²) in [6.45, 7) is 4.64. The molecule has 0 aliphatic rings. The van der Waals surface area contributed by atoms with Crippen LogP contribution in [0.5, 0.6) is 0 Å². The van der Waals surface area contributed by atoms with E-state index in [4.69, 9.17) is 16.7 Å². The topological polar surface area (TPSA) is 40.5 Å². The number of benzene rings is 1. The maximum atomic E-state index is 13.6. The summed E-state index contributed by atoms with van der Waals surface area (Å²) in [5.74, 6) is -1.17. The van der Waals surface area contributed by atoms with Gasteiger partial charge in [0.25, 0.3) is 0 Å². The Balaban J connectivity index is 2.76. The molecule has 3 nitrogen and oxygen atoms in total. The van der Waals surface area contributed by atoms with E-state index in [0.717, 1.165) is 0 Å². The molecule has 0 spiro atoms. The summed E-state index contributed by atoms with van der Waals surface area (Å²) in [6.07, 6.45) is 0.0420. The summed E-state index contributed by atoms with van der Waals surface area (Å²) in [5, 5.41) is 9.17. The lowest BCUT2D eigenvalue weighted by Gasteiger charge is -2.26. The molecule has 0 aliphatic carbocycles. The van der Waals surface area contributed by atoms with Gasteiger partial charge >= 0.3 is 5.97 Å². The second-order valence-electron chi connectivity index (χ2n) is 4.44. The molecule has 0 unspecified atom stereocenters. The highest BCUT2D eigenvalue weighted by Crippen LogP contribution is 2.17. The first-order valence-electron chi connectivity index (χ1n) is 5.80. The predicted molar refractivity (Wildman–Crippen MR) is 69.2 cm³/mol. The maximum absolute atomic E-state index is 13.6. The van der Waals surface area contributed by atoms with E-state index in [9.17, 15) is 9.18 Å². The molecule has 0 aliphatic heterocycles. The van der Waals surface area contributed by atoms with Gasteiger partial charge in [0.05, 0.1) is 6.42 Å². The van der Waals surface area contributed by atoms with Crippen molar-refractivity contribution >= 4 is 17.6 Å². The Morgan fingerprint density at radius 2 is 2.17 bits per heavy atom. The molecule has 1 aromatic carbocycles. The minimum atomic E-state index is -0.854. The Morgan fingerprint density at radius 1 is 1.50 bits per heavy atom. The SMILES string of the molecule is CC(C)N(CCC(=O)O)Cc1cc(Cl)ccc1F. The van der Waals surface area contributed by atoms with E-state index in [-0.39, 0.29) is 18.3 Å². The largest absolute Gasteiger partial charge is 0.481 e. The van der Waals surface area contributed by atoms with Gasteiger partial charge in [0.1, 0.15) is 5.82 Å². The highest BCUT2D eigenvalue weighted by Gasteiger charge is 2.14. The molecule has 0 amide bonds. The maximum Gasteiger partial charge on any atom is 0.304 e. The second-order valence-corrected chi connectivity index (χ2v) is 4.88. The van der Waals surface area contributed by atoms with Gasteiger partial charge in [-0.3, -0.25) is 9.69 Å². The smallest absolute Gasteiger partial charge is 0.304 e. The molecule has 100 valence electrons. The van der Waals surface area contributed by atoms with Crippen LogP contribution in [0.1, 0.15) is 25.8 Å². The van der Waals surface area contributed by atoms with Crippen LogP contribution in [0.2, 0.25) is 5.02 Å². The minimum Gasteiger partial charge on any atom is -0.481 e. The Hall–Kier alpha value is -1.13. The quantitative estimate of drug-likeness (QED) is 0.865. The normalized spacial score (nSPS) is 11.2. The Bertz CT molecular complexity index is 423. The first-order chi connectivity index (χ1) is 8.40. The van der Waals surface area contributed by atoms with E-state index < -0.39 is 5.97 Å². The van der Waals surface area contributed by atoms with Crippen LogP contribution >= 0.6 is 11.6 Å². The Morgan fingerprint density at radius 3 is 2.72 bits per heavy atom. The molecule has 1 N–H and O–H groups in total. The second kappa shape index (κ2) is 6.71. The van der Waals surface area contributed by atoms with Crippen molar-refractivity contribution in [2.75, 3.05) is 6.54 Å². The van der Waals surface area contributed by atoms with Gasteiger partial charge in [-0.15, -0.1) is 0 Å². The predicted octanol–water partition coefficient (Wildman–Crippen LogP) is 3.16. The van der Waals surface area contributed by atoms with Crippen LogP contribution in [0.4, 0.5) is 4.39 Å². The summed E-state index contributed by atoms with van der Waals surface area (Å²) in [7, 11) is 0. The van der Waals surface area contributed by atoms with Crippen LogP contribution in [-0.4, -0.2) is 28.6 Å². The van der Waals surface area contributed by atoms with Crippen LogP contribution in [0.25, 0.3) is 0 Å². The standard InChI is InChI=1S/C13H17ClFNO2/c1-9(2)16(6-5-13(17)18)8-10-7-11(14)3-4-12(10)15/h3-4,7,9H,5-6,8H2,1-2H3,(H,17,18). The molecule has 0 fully saturated rings. The van der Waals surface area contributed by atoms with E-state index in [1.54, 1.807) is 6.07 Å². The first-order valence-corrected chi connectivity index (χ1v) is 6.17. The number of hydrogen-bond acceptors (Lipinski definition) is 2. The molecule has 0 aromatic heterocycles. The third-order valence-corrected chi connectivity index (χ3v) is 2.96. The molecule has 0 saturated heterocycles. The fourth-order valence-electron chi connectivity index (χ4n) is 1.64. The summed E-state index contributed by atoms with van der Waals surface area (Å²) >= 11 is 5.83. The lowest BCUT2D eigenvalue weighted by atomic mass is 10.1. The zero-order valence-corrected chi connectivity index (χ0v) is 11.2. The average Bonchev–Trinajstić information content (AvgIpc) is 2.28. The number of aliphatic carboxylic acids is 1. The van der Waals surface area contributed by atoms with Crippen LogP contribution in [0.3, 0.4) is 0 Å². The van der Waals surface area contributed by atoms with Crippen LogP contribution < -0.4 is 0 Å². The third-order valence-electron chi connectivity index (χ3n) is 2.72. The van der Waals surface area contributed by atoms with Crippen molar-refractivity contribution in [3.8, 4) is 0 Å². The summed E-state index contributed by atoms with van der Waals surface area (Å²) < 4.78 is 13.6. The zero-order valence-electron chi connectivity index (χ0n) is 10.5. The van der Waals surface area contributed by atoms with E-state index in [1.807, 2.05) is 18.7 Å². The molecule has 0 saturated carbocycles. The number of carbonyl (C=O) groups is 1. The van der Waals surface area contributed by atoms with Gasteiger partial charge in [0.2, 0.25) is 0 Å². The first kappa shape index (κ1) is 14.9. The monoisotopic (exact) mass is 273 g/mol. The molecule has 0 radical (unpaired) electrons. The summed E-state index contributed by atoms with van der Waals surface area (Å²) in [4.78, 5) is 12.5. The summed E-state index contributed by atoms with van der Waals surface area (Å²) in [6, 6.07) is 4.54. The number of rotatable bonds is 6. The average molecular weight is 274 g/mol. The third kappa shape index (κ3) is 4.63. The van der Waals surface area contributed by atoms with Crippen molar-refractivity contribution in [1.29, 1.82) is 0 Å². The number of hydrogen-bond donors (Lipinski definition) is 1. The van der Waals surface area contributed by atoms with E-state index in [1.165, 1.54) is 12.1 Å². The van der Waals surface area contributed by atoms with Gasteiger partial charge in [0, 0.05) is 29.7 Å². The molecule has 0 heterocycles. The molecule has 1 rings (SSSR count). The molecule has 0 atom stereocenters. The van der Waals surface area contributed by atoms with Gasteiger partial charge in [-0.25, -0.2) is 4.39 Å². The van der Waals surface area contributed by atoms with Crippen molar-refractivity contribution in [1.82, 2.24) is 4.90 Å². The Labute approximate surface area is 111 Å².